The molecule has 0 nitrogen and oxygen atoms in total. The van der Waals surface area contributed by atoms with Crippen molar-refractivity contribution in [2.24, 2.45) is 17.8 Å². The fourth-order valence-corrected chi connectivity index (χ4v) is 4.67. The Morgan fingerprint density at radius 2 is 1.77 bits per heavy atom. The van der Waals surface area contributed by atoms with Gasteiger partial charge in [0, 0.05) is 0 Å². The van der Waals surface area contributed by atoms with Crippen molar-refractivity contribution in [1.29, 1.82) is 0 Å². The lowest BCUT2D eigenvalue weighted by Crippen LogP contribution is -2.30. The van der Waals surface area contributed by atoms with Crippen molar-refractivity contribution < 1.29 is 8.78 Å². The lowest BCUT2D eigenvalue weighted by atomic mass is 9.63. The van der Waals surface area contributed by atoms with E-state index in [1.807, 2.05) is 6.08 Å². The highest BCUT2D eigenvalue weighted by Gasteiger charge is 2.35. The number of rotatable bonds is 4. The first-order chi connectivity index (χ1) is 10.7. The van der Waals surface area contributed by atoms with Gasteiger partial charge in [0.2, 0.25) is 0 Å². The van der Waals surface area contributed by atoms with Crippen LogP contribution in [0.15, 0.2) is 30.9 Å². The molecule has 0 saturated heterocycles. The van der Waals surface area contributed by atoms with E-state index in [0.29, 0.717) is 5.92 Å². The zero-order chi connectivity index (χ0) is 15.5. The highest BCUT2D eigenvalue weighted by Crippen LogP contribution is 2.48. The quantitative estimate of drug-likeness (QED) is 0.578. The maximum absolute atomic E-state index is 13.5. The molecule has 2 fully saturated rings. The molecule has 0 aromatic heterocycles. The third-order valence-corrected chi connectivity index (χ3v) is 5.92. The van der Waals surface area contributed by atoms with Crippen LogP contribution in [0.5, 0.6) is 0 Å². The van der Waals surface area contributed by atoms with Gasteiger partial charge < -0.3 is 0 Å². The van der Waals surface area contributed by atoms with Crippen LogP contribution in [0.3, 0.4) is 0 Å². The Morgan fingerprint density at radius 1 is 1.00 bits per heavy atom. The Morgan fingerprint density at radius 3 is 2.55 bits per heavy atom. The Hall–Kier alpha value is -1.18. The highest BCUT2D eigenvalue weighted by atomic mass is 19.2. The number of fused-ring (bicyclic) bond motifs is 1. The van der Waals surface area contributed by atoms with Crippen molar-refractivity contribution in [3.05, 3.63) is 48.1 Å². The third-order valence-electron chi connectivity index (χ3n) is 5.92. The molecule has 1 aromatic rings. The predicted molar refractivity (Wildman–Crippen MR) is 86.7 cm³/mol. The van der Waals surface area contributed by atoms with Crippen molar-refractivity contribution >= 4 is 0 Å². The first kappa shape index (κ1) is 15.7. The van der Waals surface area contributed by atoms with E-state index in [1.165, 1.54) is 44.2 Å². The summed E-state index contributed by atoms with van der Waals surface area (Å²) in [7, 11) is 0. The highest BCUT2D eigenvalue weighted by molar-refractivity contribution is 5.22. The summed E-state index contributed by atoms with van der Waals surface area (Å²) in [5.41, 5.74) is 0.992. The molecule has 0 N–H and O–H groups in total. The van der Waals surface area contributed by atoms with Gasteiger partial charge in [-0.15, -0.1) is 6.58 Å². The zero-order valence-electron chi connectivity index (χ0n) is 13.2. The monoisotopic (exact) mass is 304 g/mol. The van der Waals surface area contributed by atoms with Gasteiger partial charge in [0.25, 0.3) is 0 Å². The molecular formula is C20H26F2. The van der Waals surface area contributed by atoms with Crippen molar-refractivity contribution in [2.75, 3.05) is 0 Å². The topological polar surface area (TPSA) is 0 Å². The largest absolute Gasteiger partial charge is 0.204 e. The summed E-state index contributed by atoms with van der Waals surface area (Å²) < 4.78 is 26.6. The van der Waals surface area contributed by atoms with Gasteiger partial charge in [-0.25, -0.2) is 8.78 Å². The molecule has 4 atom stereocenters. The van der Waals surface area contributed by atoms with Crippen LogP contribution in [-0.2, 0) is 0 Å². The molecular weight excluding hydrogens is 278 g/mol. The van der Waals surface area contributed by atoms with Gasteiger partial charge >= 0.3 is 0 Å². The molecule has 22 heavy (non-hydrogen) atoms. The van der Waals surface area contributed by atoms with Crippen LogP contribution >= 0.6 is 0 Å². The number of hydrogen-bond donors (Lipinski definition) is 0. The van der Waals surface area contributed by atoms with E-state index in [4.69, 9.17) is 0 Å². The number of halogens is 2. The first-order valence-electron chi connectivity index (χ1n) is 8.73. The number of hydrogen-bond acceptors (Lipinski definition) is 0. The van der Waals surface area contributed by atoms with Crippen LogP contribution < -0.4 is 0 Å². The van der Waals surface area contributed by atoms with Crippen molar-refractivity contribution in [1.82, 2.24) is 0 Å². The second kappa shape index (κ2) is 6.93. The summed E-state index contributed by atoms with van der Waals surface area (Å²) in [6, 6.07) is 4.47. The van der Waals surface area contributed by atoms with Gasteiger partial charge in [0.1, 0.15) is 0 Å². The van der Waals surface area contributed by atoms with E-state index in [1.54, 1.807) is 6.07 Å². The van der Waals surface area contributed by atoms with E-state index < -0.39 is 11.6 Å². The molecule has 0 bridgehead atoms. The minimum Gasteiger partial charge on any atom is -0.204 e. The molecule has 0 radical (unpaired) electrons. The molecule has 3 rings (SSSR count). The van der Waals surface area contributed by atoms with Gasteiger partial charge in [-0.1, -0.05) is 18.6 Å². The molecule has 0 amide bonds. The van der Waals surface area contributed by atoms with Gasteiger partial charge in [0.05, 0.1) is 0 Å². The molecule has 2 aliphatic carbocycles. The summed E-state index contributed by atoms with van der Waals surface area (Å²) in [6.45, 7) is 3.83. The van der Waals surface area contributed by atoms with Crippen molar-refractivity contribution in [3.63, 3.8) is 0 Å². The lowest BCUT2D eigenvalue weighted by molar-refractivity contribution is 0.115. The third kappa shape index (κ3) is 3.42. The van der Waals surface area contributed by atoms with E-state index >= 15 is 0 Å². The second-order valence-corrected chi connectivity index (χ2v) is 7.25. The maximum Gasteiger partial charge on any atom is 0.159 e. The number of benzene rings is 1. The molecule has 2 aliphatic rings. The second-order valence-electron chi connectivity index (χ2n) is 7.25. The first-order valence-corrected chi connectivity index (χ1v) is 8.73. The van der Waals surface area contributed by atoms with E-state index in [9.17, 15) is 8.78 Å². The van der Waals surface area contributed by atoms with Crippen LogP contribution in [0, 0.1) is 29.4 Å². The maximum atomic E-state index is 13.5. The fraction of sp³-hybridized carbons (Fsp3) is 0.600. The molecule has 1 unspecified atom stereocenters. The smallest absolute Gasteiger partial charge is 0.159 e. The molecule has 0 heterocycles. The average Bonchev–Trinajstić information content (AvgIpc) is 2.55. The minimum absolute atomic E-state index is 0.418. The number of allylic oxidation sites excluding steroid dienone is 1. The van der Waals surface area contributed by atoms with Crippen LogP contribution in [0.4, 0.5) is 8.78 Å². The van der Waals surface area contributed by atoms with Gasteiger partial charge in [-0.3, -0.25) is 0 Å². The molecule has 0 spiro atoms. The van der Waals surface area contributed by atoms with Gasteiger partial charge in [-0.2, -0.15) is 0 Å². The summed E-state index contributed by atoms with van der Waals surface area (Å²) in [5, 5.41) is 0. The normalized spacial score (nSPS) is 31.5. The molecule has 120 valence electrons. The molecule has 2 heteroatoms. The summed E-state index contributed by atoms with van der Waals surface area (Å²) in [6.07, 6.45) is 12.0. The Labute approximate surface area is 132 Å². The van der Waals surface area contributed by atoms with Crippen LogP contribution in [0.2, 0.25) is 0 Å². The average molecular weight is 304 g/mol. The zero-order valence-corrected chi connectivity index (χ0v) is 13.2. The van der Waals surface area contributed by atoms with Crippen LogP contribution in [0.1, 0.15) is 62.8 Å². The van der Waals surface area contributed by atoms with Crippen molar-refractivity contribution in [2.45, 2.75) is 57.3 Å². The molecule has 2 saturated carbocycles. The Bertz CT molecular complexity index is 522. The summed E-state index contributed by atoms with van der Waals surface area (Å²) in [5.74, 6) is 1.49. The predicted octanol–water partition coefficient (Wildman–Crippen LogP) is 6.23. The summed E-state index contributed by atoms with van der Waals surface area (Å²) >= 11 is 0. The van der Waals surface area contributed by atoms with Gasteiger partial charge in [0.15, 0.2) is 11.6 Å². The Balaban J connectivity index is 1.60. The van der Waals surface area contributed by atoms with Gasteiger partial charge in [-0.05, 0) is 86.3 Å². The fourth-order valence-electron chi connectivity index (χ4n) is 4.67. The van der Waals surface area contributed by atoms with E-state index in [2.05, 4.69) is 6.58 Å². The van der Waals surface area contributed by atoms with E-state index in [-0.39, 0.29) is 0 Å². The molecule has 1 aromatic carbocycles. The van der Waals surface area contributed by atoms with Crippen LogP contribution in [0.25, 0.3) is 0 Å². The van der Waals surface area contributed by atoms with E-state index in [0.717, 1.165) is 42.6 Å². The minimum atomic E-state index is -0.736. The van der Waals surface area contributed by atoms with Crippen molar-refractivity contribution in [3.8, 4) is 0 Å². The summed E-state index contributed by atoms with van der Waals surface area (Å²) in [4.78, 5) is 0. The Kier molecular flexibility index (Phi) is 4.95. The van der Waals surface area contributed by atoms with Crippen LogP contribution in [-0.4, -0.2) is 0 Å². The SMILES string of the molecule is C=CCC[C@@H]1CC[C@@H]2CC(c3ccc(F)c(F)c3)CC[C@@H]2C1. The standard InChI is InChI=1S/C20H26F2/c1-2-3-4-14-5-6-16-12-17(8-7-15(16)11-14)18-9-10-19(21)20(22)13-18/h2,9-10,13-17H,1,3-8,11-12H2/t14-,15-,16-,17?/m1/s1. The molecule has 0 aliphatic heterocycles. The lowest BCUT2D eigenvalue weighted by Gasteiger charge is -2.42.